The van der Waals surface area contributed by atoms with Gasteiger partial charge in [-0.3, -0.25) is 9.59 Å². The van der Waals surface area contributed by atoms with Gasteiger partial charge in [0.15, 0.2) is 0 Å². The summed E-state index contributed by atoms with van der Waals surface area (Å²) in [6.45, 7) is 3.37. The van der Waals surface area contributed by atoms with Gasteiger partial charge in [-0.05, 0) is 26.2 Å². The molecular formula is C13H19N3O3. The molecule has 19 heavy (non-hydrogen) atoms. The van der Waals surface area contributed by atoms with E-state index in [0.717, 1.165) is 12.8 Å². The van der Waals surface area contributed by atoms with Crippen LogP contribution in [0.25, 0.3) is 0 Å². The number of amides is 1. The van der Waals surface area contributed by atoms with Gasteiger partial charge in [0.1, 0.15) is 11.4 Å². The molecule has 3 N–H and O–H groups in total. The molecular weight excluding hydrogens is 246 g/mol. The zero-order valence-corrected chi connectivity index (χ0v) is 11.2. The van der Waals surface area contributed by atoms with Gasteiger partial charge >= 0.3 is 0 Å². The van der Waals surface area contributed by atoms with Crippen LogP contribution in [0.2, 0.25) is 0 Å². The van der Waals surface area contributed by atoms with E-state index in [2.05, 4.69) is 15.3 Å². The Morgan fingerprint density at radius 2 is 2.26 bits per heavy atom. The van der Waals surface area contributed by atoms with Crippen molar-refractivity contribution in [2.45, 2.75) is 45.1 Å². The molecule has 1 amide bonds. The Labute approximate surface area is 111 Å². The van der Waals surface area contributed by atoms with Gasteiger partial charge in [-0.2, -0.15) is 0 Å². The van der Waals surface area contributed by atoms with E-state index in [0.29, 0.717) is 23.9 Å². The molecule has 1 heterocycles. The van der Waals surface area contributed by atoms with Crippen LogP contribution in [0.15, 0.2) is 4.79 Å². The van der Waals surface area contributed by atoms with Crippen LogP contribution in [0.4, 0.5) is 0 Å². The Morgan fingerprint density at radius 1 is 1.58 bits per heavy atom. The first-order chi connectivity index (χ1) is 9.06. The van der Waals surface area contributed by atoms with Crippen LogP contribution in [0, 0.1) is 6.92 Å². The number of H-pyrrole nitrogens is 1. The molecule has 0 bridgehead atoms. The summed E-state index contributed by atoms with van der Waals surface area (Å²) >= 11 is 0. The molecule has 0 aromatic carbocycles. The van der Waals surface area contributed by atoms with Crippen molar-refractivity contribution in [1.82, 2.24) is 15.3 Å². The zero-order chi connectivity index (χ0) is 14.0. The number of aromatic amines is 1. The van der Waals surface area contributed by atoms with Crippen molar-refractivity contribution < 1.29 is 9.90 Å². The number of aliphatic hydroxyl groups is 1. The molecule has 1 fully saturated rings. The van der Waals surface area contributed by atoms with Gasteiger partial charge in [0, 0.05) is 5.92 Å². The second-order valence-electron chi connectivity index (χ2n) is 4.95. The molecule has 0 aliphatic heterocycles. The first-order valence-corrected chi connectivity index (χ1v) is 6.59. The minimum Gasteiger partial charge on any atom is -0.394 e. The second kappa shape index (κ2) is 5.52. The largest absolute Gasteiger partial charge is 0.394 e. The second-order valence-corrected chi connectivity index (χ2v) is 4.95. The maximum Gasteiger partial charge on any atom is 0.264 e. The summed E-state index contributed by atoms with van der Waals surface area (Å²) in [5.74, 6) is 0.534. The Hall–Kier alpha value is -1.69. The number of aliphatic hydroxyl groups excluding tert-OH is 1. The highest BCUT2D eigenvalue weighted by molar-refractivity contribution is 5.95. The molecule has 104 valence electrons. The summed E-state index contributed by atoms with van der Waals surface area (Å²) in [6, 6.07) is -0.339. The molecule has 1 aromatic rings. The molecule has 0 radical (unpaired) electrons. The fraction of sp³-hybridized carbons (Fsp3) is 0.615. The molecule has 1 aliphatic rings. The number of hydrogen-bond donors (Lipinski definition) is 3. The van der Waals surface area contributed by atoms with E-state index in [1.165, 1.54) is 0 Å². The van der Waals surface area contributed by atoms with Crippen molar-refractivity contribution in [2.24, 2.45) is 0 Å². The van der Waals surface area contributed by atoms with E-state index >= 15 is 0 Å². The molecule has 1 saturated carbocycles. The third kappa shape index (κ3) is 3.01. The van der Waals surface area contributed by atoms with Gasteiger partial charge in [-0.15, -0.1) is 0 Å². The van der Waals surface area contributed by atoms with E-state index in [1.807, 2.05) is 6.92 Å². The van der Waals surface area contributed by atoms with Gasteiger partial charge < -0.3 is 15.4 Å². The summed E-state index contributed by atoms with van der Waals surface area (Å²) in [5.41, 5.74) is 0.0759. The van der Waals surface area contributed by atoms with Crippen LogP contribution < -0.4 is 10.9 Å². The monoisotopic (exact) mass is 265 g/mol. The van der Waals surface area contributed by atoms with E-state index in [9.17, 15) is 9.59 Å². The lowest BCUT2D eigenvalue weighted by atomic mass is 10.1. The van der Waals surface area contributed by atoms with Gasteiger partial charge in [-0.1, -0.05) is 6.92 Å². The predicted molar refractivity (Wildman–Crippen MR) is 70.2 cm³/mol. The normalized spacial score (nSPS) is 16.2. The van der Waals surface area contributed by atoms with Crippen molar-refractivity contribution in [2.75, 3.05) is 6.61 Å². The average Bonchev–Trinajstić information content (AvgIpc) is 3.19. The molecule has 1 aliphatic carbocycles. The fourth-order valence-corrected chi connectivity index (χ4v) is 1.96. The topological polar surface area (TPSA) is 95.1 Å². The number of nitrogens with zero attached hydrogens (tertiary/aromatic N) is 1. The minimum absolute atomic E-state index is 0.0382. The lowest BCUT2D eigenvalue weighted by Gasteiger charge is -2.14. The highest BCUT2D eigenvalue weighted by atomic mass is 16.3. The average molecular weight is 265 g/mol. The number of carbonyl (C=O) groups excluding carboxylic acids is 1. The van der Waals surface area contributed by atoms with E-state index < -0.39 is 11.5 Å². The van der Waals surface area contributed by atoms with Gasteiger partial charge in [0.05, 0.1) is 18.3 Å². The first-order valence-electron chi connectivity index (χ1n) is 6.59. The van der Waals surface area contributed by atoms with Crippen molar-refractivity contribution in [3.05, 3.63) is 27.4 Å². The maximum absolute atomic E-state index is 12.0. The van der Waals surface area contributed by atoms with Crippen LogP contribution in [0.3, 0.4) is 0 Å². The van der Waals surface area contributed by atoms with Gasteiger partial charge in [0.2, 0.25) is 0 Å². The Morgan fingerprint density at radius 3 is 2.74 bits per heavy atom. The van der Waals surface area contributed by atoms with Crippen molar-refractivity contribution in [3.8, 4) is 0 Å². The molecule has 0 spiro atoms. The third-order valence-corrected chi connectivity index (χ3v) is 3.36. The van der Waals surface area contributed by atoms with Gasteiger partial charge in [-0.25, -0.2) is 4.98 Å². The van der Waals surface area contributed by atoms with Crippen molar-refractivity contribution in [3.63, 3.8) is 0 Å². The van der Waals surface area contributed by atoms with Crippen molar-refractivity contribution >= 4 is 5.91 Å². The summed E-state index contributed by atoms with van der Waals surface area (Å²) in [5, 5.41) is 11.7. The maximum atomic E-state index is 12.0. The van der Waals surface area contributed by atoms with Crippen LogP contribution >= 0.6 is 0 Å². The van der Waals surface area contributed by atoms with Crippen LogP contribution in [-0.2, 0) is 0 Å². The molecule has 0 saturated heterocycles. The number of aromatic nitrogens is 2. The number of aryl methyl sites for hydroxylation is 1. The number of nitrogens with one attached hydrogen (secondary N) is 2. The zero-order valence-electron chi connectivity index (χ0n) is 11.2. The highest BCUT2D eigenvalue weighted by Gasteiger charge is 2.28. The SMILES string of the molecule is CC[C@@H](CO)NC(=O)c1c(C)nc(C2CC2)[nH]c1=O. The number of hydrogen-bond acceptors (Lipinski definition) is 4. The molecule has 6 nitrogen and oxygen atoms in total. The van der Waals surface area contributed by atoms with Crippen molar-refractivity contribution in [1.29, 1.82) is 0 Å². The Kier molecular flexibility index (Phi) is 3.99. The standard InChI is InChI=1S/C13H19N3O3/c1-3-9(6-17)15-12(18)10-7(2)14-11(8-4-5-8)16-13(10)19/h8-9,17H,3-6H2,1-2H3,(H,15,18)(H,14,16,19)/t9-/m0/s1. The molecule has 0 unspecified atom stereocenters. The highest BCUT2D eigenvalue weighted by Crippen LogP contribution is 2.37. The lowest BCUT2D eigenvalue weighted by molar-refractivity contribution is 0.0912. The first kappa shape index (κ1) is 13.7. The molecule has 1 aromatic heterocycles. The van der Waals surface area contributed by atoms with Gasteiger partial charge in [0.25, 0.3) is 11.5 Å². The molecule has 1 atom stereocenters. The summed E-state index contributed by atoms with van der Waals surface area (Å²) in [4.78, 5) is 31.0. The minimum atomic E-state index is -0.477. The van der Waals surface area contributed by atoms with E-state index in [1.54, 1.807) is 6.92 Å². The predicted octanol–water partition coefficient (Wildman–Crippen LogP) is 0.456. The lowest BCUT2D eigenvalue weighted by Crippen LogP contribution is -2.40. The van der Waals surface area contributed by atoms with E-state index in [-0.39, 0.29) is 18.2 Å². The Balaban J connectivity index is 2.24. The van der Waals surface area contributed by atoms with Crippen LogP contribution in [-0.4, -0.2) is 33.6 Å². The third-order valence-electron chi connectivity index (χ3n) is 3.36. The summed E-state index contributed by atoms with van der Waals surface area (Å²) in [7, 11) is 0. The summed E-state index contributed by atoms with van der Waals surface area (Å²) in [6.07, 6.45) is 2.68. The quantitative estimate of drug-likeness (QED) is 0.720. The molecule has 2 rings (SSSR count). The van der Waals surface area contributed by atoms with Crippen LogP contribution in [0.5, 0.6) is 0 Å². The fourth-order valence-electron chi connectivity index (χ4n) is 1.96. The smallest absolute Gasteiger partial charge is 0.264 e. The Bertz CT molecular complexity index is 530. The number of rotatable bonds is 5. The summed E-state index contributed by atoms with van der Waals surface area (Å²) < 4.78 is 0. The molecule has 6 heteroatoms. The van der Waals surface area contributed by atoms with Crippen LogP contribution in [0.1, 0.15) is 54.0 Å². The van der Waals surface area contributed by atoms with E-state index in [4.69, 9.17) is 5.11 Å². The number of carbonyl (C=O) groups is 1.